The Hall–Kier alpha value is -0.610. The number of nitrogens with zero attached hydrogens (tertiary/aromatic N) is 1. The van der Waals surface area contributed by atoms with Crippen molar-refractivity contribution >= 4 is 28.3 Å². The van der Waals surface area contributed by atoms with Crippen LogP contribution in [0, 0.1) is 0 Å². The fraction of sp³-hybridized carbons (Fsp3) is 0.500. The quantitative estimate of drug-likeness (QED) is 0.831. The minimum absolute atomic E-state index is 0.292. The Morgan fingerprint density at radius 2 is 2.13 bits per heavy atom. The minimum atomic E-state index is -0.986. The maximum absolute atomic E-state index is 11.8. The summed E-state index contributed by atoms with van der Waals surface area (Å²) in [6.45, 7) is 0. The van der Waals surface area contributed by atoms with Gasteiger partial charge in [-0.15, -0.1) is 0 Å². The van der Waals surface area contributed by atoms with E-state index in [1.807, 2.05) is 0 Å². The first-order valence-electron chi connectivity index (χ1n) is 5.04. The third-order valence-corrected chi connectivity index (χ3v) is 4.29. The van der Waals surface area contributed by atoms with Crippen LogP contribution in [0.1, 0.15) is 25.7 Å². The highest BCUT2D eigenvalue weighted by atomic mass is 35.5. The number of rotatable bonds is 3. The zero-order valence-electron chi connectivity index (χ0n) is 8.28. The third kappa shape index (κ3) is 2.92. The molecule has 1 heterocycles. The van der Waals surface area contributed by atoms with Gasteiger partial charge in [0.2, 0.25) is 0 Å². The predicted molar refractivity (Wildman–Crippen MR) is 63.3 cm³/mol. The Labute approximate surface area is 96.8 Å². The summed E-state index contributed by atoms with van der Waals surface area (Å²) >= 11 is 5.66. The highest BCUT2D eigenvalue weighted by Gasteiger charge is 2.21. The summed E-state index contributed by atoms with van der Waals surface area (Å²) in [5.74, 6) is 0. The van der Waals surface area contributed by atoms with E-state index < -0.39 is 11.0 Å². The molecule has 0 aliphatic heterocycles. The van der Waals surface area contributed by atoms with Crippen LogP contribution in [-0.2, 0) is 11.0 Å². The zero-order valence-corrected chi connectivity index (χ0v) is 9.85. The normalized spacial score (nSPS) is 19.0. The summed E-state index contributed by atoms with van der Waals surface area (Å²) in [7, 11) is -0.986. The van der Waals surface area contributed by atoms with E-state index in [-0.39, 0.29) is 0 Å². The Morgan fingerprint density at radius 3 is 2.73 bits per heavy atom. The van der Waals surface area contributed by atoms with Crippen molar-refractivity contribution in [2.24, 2.45) is 0 Å². The molecule has 1 aromatic rings. The van der Waals surface area contributed by atoms with Crippen LogP contribution in [0.3, 0.4) is 0 Å². The molecule has 15 heavy (non-hydrogen) atoms. The van der Waals surface area contributed by atoms with Gasteiger partial charge in [-0.25, -0.2) is 9.19 Å². The van der Waals surface area contributed by atoms with Gasteiger partial charge in [0.05, 0.1) is 17.1 Å². The highest BCUT2D eigenvalue weighted by molar-refractivity contribution is 7.87. The van der Waals surface area contributed by atoms with Crippen LogP contribution in [0.25, 0.3) is 0 Å². The molecule has 1 aliphatic carbocycles. The van der Waals surface area contributed by atoms with Crippen molar-refractivity contribution < 1.29 is 4.21 Å². The van der Waals surface area contributed by atoms with E-state index in [2.05, 4.69) is 9.71 Å². The average molecular weight is 245 g/mol. The maximum Gasteiger partial charge on any atom is 0.129 e. The van der Waals surface area contributed by atoms with Crippen LogP contribution in [0.15, 0.2) is 18.3 Å². The Balaban J connectivity index is 1.96. The lowest BCUT2D eigenvalue weighted by molar-refractivity contribution is 0.673. The second-order valence-corrected chi connectivity index (χ2v) is 5.53. The van der Waals surface area contributed by atoms with Crippen molar-refractivity contribution in [1.82, 2.24) is 4.98 Å². The van der Waals surface area contributed by atoms with Crippen LogP contribution < -0.4 is 4.72 Å². The smallest absolute Gasteiger partial charge is 0.129 e. The van der Waals surface area contributed by atoms with Crippen molar-refractivity contribution in [3.8, 4) is 0 Å². The standard InChI is InChI=1S/C10H13ClN2OS/c11-10-6-5-8(7-12-10)13-15(14)9-3-1-2-4-9/h5-7,9,13H,1-4H2. The molecule has 1 aliphatic rings. The Kier molecular flexibility index (Phi) is 3.59. The first-order chi connectivity index (χ1) is 7.25. The molecule has 0 bridgehead atoms. The van der Waals surface area contributed by atoms with Crippen molar-refractivity contribution in [3.05, 3.63) is 23.5 Å². The zero-order chi connectivity index (χ0) is 10.7. The molecule has 1 aromatic heterocycles. The fourth-order valence-corrected chi connectivity index (χ4v) is 3.13. The molecule has 0 radical (unpaired) electrons. The number of aromatic nitrogens is 1. The van der Waals surface area contributed by atoms with E-state index in [0.29, 0.717) is 10.4 Å². The molecule has 0 spiro atoms. The number of hydrogen-bond acceptors (Lipinski definition) is 2. The molecule has 5 heteroatoms. The van der Waals surface area contributed by atoms with Gasteiger partial charge in [0.25, 0.3) is 0 Å². The van der Waals surface area contributed by atoms with Gasteiger partial charge in [0.15, 0.2) is 0 Å². The van der Waals surface area contributed by atoms with Crippen molar-refractivity contribution in [1.29, 1.82) is 0 Å². The molecule has 1 N–H and O–H groups in total. The van der Waals surface area contributed by atoms with Gasteiger partial charge in [-0.3, -0.25) is 0 Å². The van der Waals surface area contributed by atoms with Crippen molar-refractivity contribution in [3.63, 3.8) is 0 Å². The van der Waals surface area contributed by atoms with Gasteiger partial charge in [-0.1, -0.05) is 24.4 Å². The van der Waals surface area contributed by atoms with Gasteiger partial charge >= 0.3 is 0 Å². The molecule has 1 fully saturated rings. The average Bonchev–Trinajstić information content (AvgIpc) is 2.74. The predicted octanol–water partition coefficient (Wildman–Crippen LogP) is 2.75. The Morgan fingerprint density at radius 1 is 1.40 bits per heavy atom. The largest absolute Gasteiger partial charge is 0.303 e. The molecule has 3 nitrogen and oxygen atoms in total. The fourth-order valence-electron chi connectivity index (χ4n) is 1.74. The number of anilines is 1. The van der Waals surface area contributed by atoms with Crippen molar-refractivity contribution in [2.45, 2.75) is 30.9 Å². The van der Waals surface area contributed by atoms with Crippen molar-refractivity contribution in [2.75, 3.05) is 4.72 Å². The van der Waals surface area contributed by atoms with Gasteiger partial charge < -0.3 is 4.72 Å². The molecule has 2 rings (SSSR count). The van der Waals surface area contributed by atoms with Gasteiger partial charge in [-0.05, 0) is 25.0 Å². The summed E-state index contributed by atoms with van der Waals surface area (Å²) in [6.07, 6.45) is 6.10. The highest BCUT2D eigenvalue weighted by Crippen LogP contribution is 2.23. The van der Waals surface area contributed by atoms with E-state index in [9.17, 15) is 4.21 Å². The summed E-state index contributed by atoms with van der Waals surface area (Å²) in [4.78, 5) is 3.93. The summed E-state index contributed by atoms with van der Waals surface area (Å²) in [5.41, 5.74) is 0.768. The molecule has 0 saturated heterocycles. The maximum atomic E-state index is 11.8. The van der Waals surface area contributed by atoms with Gasteiger partial charge in [-0.2, -0.15) is 0 Å². The lowest BCUT2D eigenvalue weighted by Gasteiger charge is -2.10. The van der Waals surface area contributed by atoms with Crippen LogP contribution in [-0.4, -0.2) is 14.4 Å². The Bertz CT molecular complexity index is 349. The van der Waals surface area contributed by atoms with E-state index in [1.54, 1.807) is 18.3 Å². The van der Waals surface area contributed by atoms with Gasteiger partial charge in [0, 0.05) is 0 Å². The number of halogens is 1. The lowest BCUT2D eigenvalue weighted by Crippen LogP contribution is -2.17. The molecule has 1 saturated carbocycles. The summed E-state index contributed by atoms with van der Waals surface area (Å²) < 4.78 is 14.8. The molecule has 82 valence electrons. The van der Waals surface area contributed by atoms with E-state index >= 15 is 0 Å². The van der Waals surface area contributed by atoms with Crippen LogP contribution in [0.2, 0.25) is 5.15 Å². The van der Waals surface area contributed by atoms with E-state index in [4.69, 9.17) is 11.6 Å². The number of hydrogen-bond donors (Lipinski definition) is 1. The van der Waals surface area contributed by atoms with Crippen LogP contribution >= 0.6 is 11.6 Å². The molecule has 1 unspecified atom stereocenters. The second-order valence-electron chi connectivity index (χ2n) is 3.68. The molecule has 0 amide bonds. The first kappa shape index (κ1) is 10.9. The molecule has 0 aromatic carbocycles. The SMILES string of the molecule is O=S(Nc1ccc(Cl)nc1)C1CCCC1. The van der Waals surface area contributed by atoms with Crippen LogP contribution in [0.4, 0.5) is 5.69 Å². The van der Waals surface area contributed by atoms with Gasteiger partial charge in [0.1, 0.15) is 16.1 Å². The van der Waals surface area contributed by atoms with E-state index in [1.165, 1.54) is 12.8 Å². The minimum Gasteiger partial charge on any atom is -0.303 e. The monoisotopic (exact) mass is 244 g/mol. The number of nitrogens with one attached hydrogen (secondary N) is 1. The third-order valence-electron chi connectivity index (χ3n) is 2.55. The molecule has 1 atom stereocenters. The lowest BCUT2D eigenvalue weighted by atomic mass is 10.4. The first-order valence-corrected chi connectivity index (χ1v) is 6.63. The molecular weight excluding hydrogens is 232 g/mol. The van der Waals surface area contributed by atoms with Crippen LogP contribution in [0.5, 0.6) is 0 Å². The van der Waals surface area contributed by atoms with E-state index in [0.717, 1.165) is 18.5 Å². The topological polar surface area (TPSA) is 42.0 Å². The second kappa shape index (κ2) is 4.94. The summed E-state index contributed by atoms with van der Waals surface area (Å²) in [5, 5.41) is 0.743. The summed E-state index contributed by atoms with van der Waals surface area (Å²) in [6, 6.07) is 3.48. The molecular formula is C10H13ClN2OS. The number of pyridine rings is 1.